The van der Waals surface area contributed by atoms with E-state index in [-0.39, 0.29) is 18.6 Å². The third kappa shape index (κ3) is 6.48. The van der Waals surface area contributed by atoms with Gasteiger partial charge in [0.2, 0.25) is 0 Å². The van der Waals surface area contributed by atoms with Gasteiger partial charge in [0.25, 0.3) is 5.91 Å². The minimum Gasteiger partial charge on any atom is -0.483 e. The molecule has 1 aromatic carbocycles. The third-order valence-corrected chi connectivity index (χ3v) is 3.51. The van der Waals surface area contributed by atoms with Crippen LogP contribution in [0.1, 0.15) is 39.3 Å². The van der Waals surface area contributed by atoms with E-state index >= 15 is 0 Å². The quantitative estimate of drug-likeness (QED) is 0.751. The molecule has 0 aliphatic rings. The van der Waals surface area contributed by atoms with Crippen LogP contribution >= 0.6 is 15.9 Å². The molecule has 118 valence electrons. The molecule has 21 heavy (non-hydrogen) atoms. The van der Waals surface area contributed by atoms with Crippen LogP contribution in [0.5, 0.6) is 5.75 Å². The molecule has 0 spiro atoms. The smallest absolute Gasteiger partial charge is 0.257 e. The summed E-state index contributed by atoms with van der Waals surface area (Å²) in [5.74, 6) is 1.09. The van der Waals surface area contributed by atoms with E-state index in [1.165, 1.54) is 0 Å². The lowest BCUT2D eigenvalue weighted by Gasteiger charge is -2.18. The maximum atomic E-state index is 11.7. The first kappa shape index (κ1) is 18.0. The molecule has 0 aliphatic carbocycles. The number of carbonyl (C=O) groups is 1. The third-order valence-electron chi connectivity index (χ3n) is 3.01. The summed E-state index contributed by atoms with van der Waals surface area (Å²) in [7, 11) is 0. The molecule has 0 bridgehead atoms. The van der Waals surface area contributed by atoms with Crippen molar-refractivity contribution >= 4 is 21.8 Å². The number of carbonyl (C=O) groups excluding carboxylic acids is 1. The molecule has 1 unspecified atom stereocenters. The van der Waals surface area contributed by atoms with E-state index in [0.717, 1.165) is 22.3 Å². The van der Waals surface area contributed by atoms with E-state index in [4.69, 9.17) is 4.74 Å². The highest BCUT2D eigenvalue weighted by molar-refractivity contribution is 9.10. The summed E-state index contributed by atoms with van der Waals surface area (Å²) >= 11 is 3.47. The lowest BCUT2D eigenvalue weighted by Crippen LogP contribution is -2.32. The highest BCUT2D eigenvalue weighted by Gasteiger charge is 2.13. The molecule has 0 radical (unpaired) electrons. The fraction of sp³-hybridized carbons (Fsp3) is 0.562. The Morgan fingerprint density at radius 3 is 2.67 bits per heavy atom. The van der Waals surface area contributed by atoms with Gasteiger partial charge in [0.05, 0.1) is 0 Å². The van der Waals surface area contributed by atoms with Crippen LogP contribution in [-0.2, 0) is 4.79 Å². The fourth-order valence-electron chi connectivity index (χ4n) is 1.92. The maximum absolute atomic E-state index is 11.7. The first-order chi connectivity index (χ1) is 9.93. The Morgan fingerprint density at radius 1 is 1.33 bits per heavy atom. The zero-order valence-electron chi connectivity index (χ0n) is 13.2. The molecule has 1 amide bonds. The fourth-order valence-corrected chi connectivity index (χ4v) is 2.30. The molecule has 4 nitrogen and oxygen atoms in total. The molecule has 0 aromatic heterocycles. The second-order valence-electron chi connectivity index (χ2n) is 5.45. The van der Waals surface area contributed by atoms with Gasteiger partial charge in [0.1, 0.15) is 5.75 Å². The molecule has 1 atom stereocenters. The molecule has 0 saturated carbocycles. The van der Waals surface area contributed by atoms with Gasteiger partial charge in [-0.2, -0.15) is 0 Å². The molecule has 0 aliphatic heterocycles. The van der Waals surface area contributed by atoms with Crippen molar-refractivity contribution in [3.8, 4) is 5.75 Å². The monoisotopic (exact) mass is 356 g/mol. The molecule has 1 aromatic rings. The summed E-state index contributed by atoms with van der Waals surface area (Å²) in [6, 6.07) is 6.00. The number of amides is 1. The predicted molar refractivity (Wildman–Crippen MR) is 89.6 cm³/mol. The molecule has 0 saturated heterocycles. The van der Waals surface area contributed by atoms with Gasteiger partial charge < -0.3 is 15.4 Å². The summed E-state index contributed by atoms with van der Waals surface area (Å²) in [4.78, 5) is 11.7. The topological polar surface area (TPSA) is 50.4 Å². The summed E-state index contributed by atoms with van der Waals surface area (Å²) in [6.45, 7) is 9.86. The van der Waals surface area contributed by atoms with Crippen molar-refractivity contribution in [2.75, 3.05) is 19.7 Å². The van der Waals surface area contributed by atoms with Crippen LogP contribution < -0.4 is 15.4 Å². The number of hydrogen-bond acceptors (Lipinski definition) is 3. The van der Waals surface area contributed by atoms with Gasteiger partial charge in [0.15, 0.2) is 6.61 Å². The number of ether oxygens (including phenoxy) is 1. The molecule has 2 N–H and O–H groups in total. The standard InChI is InChI=1S/C16H25BrN2O2/c1-5-18-12(4)14-8-13(17)6-7-15(14)21-10-16(20)19-9-11(2)3/h6-8,11-12,18H,5,9-10H2,1-4H3,(H,19,20). The summed E-state index contributed by atoms with van der Waals surface area (Å²) in [5.41, 5.74) is 1.04. The number of hydrogen-bond donors (Lipinski definition) is 2. The van der Waals surface area contributed by atoms with E-state index in [1.807, 2.05) is 18.2 Å². The Kier molecular flexibility index (Phi) is 7.75. The van der Waals surface area contributed by atoms with Crippen LogP contribution in [0.2, 0.25) is 0 Å². The van der Waals surface area contributed by atoms with Gasteiger partial charge in [-0.15, -0.1) is 0 Å². The van der Waals surface area contributed by atoms with Crippen LogP contribution in [0.25, 0.3) is 0 Å². The van der Waals surface area contributed by atoms with E-state index in [1.54, 1.807) is 0 Å². The van der Waals surface area contributed by atoms with E-state index in [9.17, 15) is 4.79 Å². The number of benzene rings is 1. The largest absolute Gasteiger partial charge is 0.483 e. The Bertz CT molecular complexity index is 464. The molecular formula is C16H25BrN2O2. The summed E-state index contributed by atoms with van der Waals surface area (Å²) in [6.07, 6.45) is 0. The maximum Gasteiger partial charge on any atom is 0.257 e. The lowest BCUT2D eigenvalue weighted by atomic mass is 10.1. The summed E-state index contributed by atoms with van der Waals surface area (Å²) < 4.78 is 6.68. The minimum atomic E-state index is -0.0892. The van der Waals surface area contributed by atoms with E-state index in [2.05, 4.69) is 54.3 Å². The second-order valence-corrected chi connectivity index (χ2v) is 6.36. The second kappa shape index (κ2) is 9.05. The molecule has 0 heterocycles. The average molecular weight is 357 g/mol. The molecule has 0 fully saturated rings. The summed E-state index contributed by atoms with van der Waals surface area (Å²) in [5, 5.41) is 6.20. The van der Waals surface area contributed by atoms with Gasteiger partial charge in [-0.05, 0) is 37.6 Å². The van der Waals surface area contributed by atoms with Crippen molar-refractivity contribution < 1.29 is 9.53 Å². The Labute approximate surface area is 135 Å². The molecule has 1 rings (SSSR count). The number of nitrogens with one attached hydrogen (secondary N) is 2. The first-order valence-corrected chi connectivity index (χ1v) is 8.15. The number of rotatable bonds is 8. The van der Waals surface area contributed by atoms with Crippen LogP contribution in [-0.4, -0.2) is 25.6 Å². The van der Waals surface area contributed by atoms with Gasteiger partial charge in [-0.25, -0.2) is 0 Å². The number of halogens is 1. The molecular weight excluding hydrogens is 332 g/mol. The first-order valence-electron chi connectivity index (χ1n) is 7.36. The van der Waals surface area contributed by atoms with Gasteiger partial charge >= 0.3 is 0 Å². The van der Waals surface area contributed by atoms with Crippen LogP contribution in [0.15, 0.2) is 22.7 Å². The van der Waals surface area contributed by atoms with Gasteiger partial charge in [0, 0.05) is 22.6 Å². The Balaban J connectivity index is 2.67. The van der Waals surface area contributed by atoms with Crippen molar-refractivity contribution in [2.24, 2.45) is 5.92 Å². The highest BCUT2D eigenvalue weighted by Crippen LogP contribution is 2.28. The van der Waals surface area contributed by atoms with Crippen molar-refractivity contribution in [3.63, 3.8) is 0 Å². The van der Waals surface area contributed by atoms with Crippen LogP contribution in [0.3, 0.4) is 0 Å². The van der Waals surface area contributed by atoms with Gasteiger partial charge in [-0.1, -0.05) is 36.7 Å². The Morgan fingerprint density at radius 2 is 2.05 bits per heavy atom. The van der Waals surface area contributed by atoms with E-state index in [0.29, 0.717) is 12.5 Å². The van der Waals surface area contributed by atoms with Crippen LogP contribution in [0.4, 0.5) is 0 Å². The van der Waals surface area contributed by atoms with E-state index < -0.39 is 0 Å². The predicted octanol–water partition coefficient (Wildman–Crippen LogP) is 3.27. The SMILES string of the molecule is CCNC(C)c1cc(Br)ccc1OCC(=O)NCC(C)C. The minimum absolute atomic E-state index is 0.0419. The Hall–Kier alpha value is -1.07. The molecule has 5 heteroatoms. The van der Waals surface area contributed by atoms with Crippen molar-refractivity contribution in [1.29, 1.82) is 0 Å². The zero-order valence-corrected chi connectivity index (χ0v) is 14.8. The van der Waals surface area contributed by atoms with Crippen molar-refractivity contribution in [3.05, 3.63) is 28.2 Å². The van der Waals surface area contributed by atoms with Gasteiger partial charge in [-0.3, -0.25) is 4.79 Å². The van der Waals surface area contributed by atoms with Crippen molar-refractivity contribution in [2.45, 2.75) is 33.7 Å². The zero-order chi connectivity index (χ0) is 15.8. The van der Waals surface area contributed by atoms with Crippen LogP contribution in [0, 0.1) is 5.92 Å². The normalized spacial score (nSPS) is 12.3. The average Bonchev–Trinajstić information content (AvgIpc) is 2.43. The highest BCUT2D eigenvalue weighted by atomic mass is 79.9. The lowest BCUT2D eigenvalue weighted by molar-refractivity contribution is -0.123. The van der Waals surface area contributed by atoms with Crippen molar-refractivity contribution in [1.82, 2.24) is 10.6 Å².